The Morgan fingerprint density at radius 1 is 1.29 bits per heavy atom. The molecule has 3 rings (SSSR count). The maximum Gasteiger partial charge on any atom is 0.407 e. The van der Waals surface area contributed by atoms with Gasteiger partial charge in [0, 0.05) is 19.6 Å². The van der Waals surface area contributed by atoms with Crippen LogP contribution in [0.15, 0.2) is 29.2 Å². The molecule has 0 aliphatic carbocycles. The van der Waals surface area contributed by atoms with Gasteiger partial charge in [-0.25, -0.2) is 9.94 Å². The zero-order chi connectivity index (χ0) is 20.5. The summed E-state index contributed by atoms with van der Waals surface area (Å²) < 4.78 is 40.2. The zero-order valence-electron chi connectivity index (χ0n) is 14.3. The fourth-order valence-electron chi connectivity index (χ4n) is 3.02. The van der Waals surface area contributed by atoms with Crippen LogP contribution in [0, 0.1) is 6.57 Å². The van der Waals surface area contributed by atoms with E-state index in [1.54, 1.807) is 4.90 Å². The molecular weight excluding hydrogens is 399 g/mol. The second kappa shape index (κ2) is 7.52. The highest BCUT2D eigenvalue weighted by Crippen LogP contribution is 2.39. The highest BCUT2D eigenvalue weighted by Gasteiger charge is 2.37. The lowest BCUT2D eigenvalue weighted by Gasteiger charge is -2.36. The first-order valence-electron chi connectivity index (χ1n) is 8.05. The summed E-state index contributed by atoms with van der Waals surface area (Å²) in [5.74, 6) is -0.427. The molecule has 1 amide bonds. The van der Waals surface area contributed by atoms with Crippen molar-refractivity contribution in [2.24, 2.45) is 0 Å². The van der Waals surface area contributed by atoms with E-state index in [9.17, 15) is 22.8 Å². The van der Waals surface area contributed by atoms with Gasteiger partial charge >= 0.3 is 6.18 Å². The lowest BCUT2D eigenvalue weighted by molar-refractivity contribution is -0.139. The summed E-state index contributed by atoms with van der Waals surface area (Å²) in [7, 11) is 0. The van der Waals surface area contributed by atoms with Gasteiger partial charge in [0.15, 0.2) is 5.69 Å². The predicted octanol–water partition coefficient (Wildman–Crippen LogP) is 2.84. The highest BCUT2D eigenvalue weighted by molar-refractivity contribution is 6.33. The number of carbonyl (C=O) groups excluding carboxylic acids is 1. The Morgan fingerprint density at radius 2 is 2.04 bits per heavy atom. The molecule has 0 unspecified atom stereocenters. The molecule has 0 saturated carbocycles. The molecule has 1 aromatic carbocycles. The van der Waals surface area contributed by atoms with E-state index in [0.29, 0.717) is 0 Å². The molecule has 0 spiro atoms. The second-order valence-electron chi connectivity index (χ2n) is 6.06. The molecule has 1 saturated heterocycles. The maximum atomic E-state index is 13.4. The molecule has 0 bridgehead atoms. The lowest BCUT2D eigenvalue weighted by Crippen LogP contribution is -2.50. The van der Waals surface area contributed by atoms with Crippen molar-refractivity contribution >= 4 is 28.9 Å². The fraction of sp³-hybridized carbons (Fsp3) is 0.294. The van der Waals surface area contributed by atoms with Crippen molar-refractivity contribution in [1.29, 1.82) is 0 Å². The van der Waals surface area contributed by atoms with Crippen molar-refractivity contribution in [2.75, 3.05) is 24.5 Å². The fourth-order valence-corrected chi connectivity index (χ4v) is 3.23. The molecule has 1 aliphatic heterocycles. The summed E-state index contributed by atoms with van der Waals surface area (Å²) in [5, 5.41) is 5.71. The number of rotatable bonds is 3. The average Bonchev–Trinajstić information content (AvgIpc) is 2.64. The van der Waals surface area contributed by atoms with Crippen LogP contribution in [0.4, 0.5) is 24.5 Å². The minimum absolute atomic E-state index is 0.111. The largest absolute Gasteiger partial charge is 0.407 e. The van der Waals surface area contributed by atoms with Crippen LogP contribution in [0.3, 0.4) is 0 Å². The predicted molar refractivity (Wildman–Crippen MR) is 95.2 cm³/mol. The van der Waals surface area contributed by atoms with E-state index in [4.69, 9.17) is 18.2 Å². The monoisotopic (exact) mass is 411 g/mol. The van der Waals surface area contributed by atoms with Crippen LogP contribution in [0.2, 0.25) is 5.02 Å². The van der Waals surface area contributed by atoms with Crippen molar-refractivity contribution in [3.63, 3.8) is 0 Å². The van der Waals surface area contributed by atoms with Gasteiger partial charge in [0.2, 0.25) is 5.91 Å². The molecule has 7 nitrogen and oxygen atoms in total. The summed E-state index contributed by atoms with van der Waals surface area (Å²) in [4.78, 5) is 29.8. The van der Waals surface area contributed by atoms with Gasteiger partial charge < -0.3 is 9.80 Å². The Balaban J connectivity index is 1.82. The summed E-state index contributed by atoms with van der Waals surface area (Å²) in [5.41, 5.74) is -1.98. The molecule has 2 heterocycles. The quantitative estimate of drug-likeness (QED) is 0.788. The molecular formula is C17H13ClF3N5O2. The SMILES string of the molecule is [C-]#[N+]c1cccc(CN2CCN(c3cn[nH]c(=O)c3Cl)CC2=O)c1C(F)(F)F. The van der Waals surface area contributed by atoms with Gasteiger partial charge in [0.1, 0.15) is 5.02 Å². The first kappa shape index (κ1) is 19.7. The molecule has 1 N–H and O–H groups in total. The number of anilines is 1. The minimum atomic E-state index is -4.70. The summed E-state index contributed by atoms with van der Waals surface area (Å²) in [6.45, 7) is 6.93. The molecule has 146 valence electrons. The van der Waals surface area contributed by atoms with E-state index >= 15 is 0 Å². The first-order chi connectivity index (χ1) is 13.2. The first-order valence-corrected chi connectivity index (χ1v) is 8.42. The van der Waals surface area contributed by atoms with Crippen LogP contribution in [0.25, 0.3) is 4.85 Å². The topological polar surface area (TPSA) is 73.7 Å². The zero-order valence-corrected chi connectivity index (χ0v) is 15.0. The van der Waals surface area contributed by atoms with Crippen molar-refractivity contribution in [3.8, 4) is 0 Å². The second-order valence-corrected chi connectivity index (χ2v) is 6.43. The highest BCUT2D eigenvalue weighted by atomic mass is 35.5. The standard InChI is InChI=1S/C17H13ClF3N5O2/c1-22-11-4-2-3-10(14(11)17(19,20)21)8-26-6-5-25(9-13(26)27)12-7-23-24-16(28)15(12)18/h2-4,7H,5-6,8-9H2,(H,24,28). The number of aromatic nitrogens is 2. The molecule has 1 aliphatic rings. The van der Waals surface area contributed by atoms with Crippen LogP contribution in [0.5, 0.6) is 0 Å². The van der Waals surface area contributed by atoms with Gasteiger partial charge in [-0.2, -0.15) is 18.3 Å². The lowest BCUT2D eigenvalue weighted by atomic mass is 10.0. The van der Waals surface area contributed by atoms with Gasteiger partial charge in [-0.1, -0.05) is 29.8 Å². The summed E-state index contributed by atoms with van der Waals surface area (Å²) >= 11 is 5.94. The van der Waals surface area contributed by atoms with Gasteiger partial charge in [-0.15, -0.1) is 0 Å². The van der Waals surface area contributed by atoms with Crippen molar-refractivity contribution in [3.05, 3.63) is 62.3 Å². The van der Waals surface area contributed by atoms with Gasteiger partial charge in [0.25, 0.3) is 5.56 Å². The molecule has 1 aromatic heterocycles. The third-order valence-electron chi connectivity index (χ3n) is 4.33. The van der Waals surface area contributed by atoms with Crippen LogP contribution in [-0.4, -0.2) is 40.6 Å². The molecule has 0 atom stereocenters. The normalized spacial score (nSPS) is 14.9. The average molecular weight is 412 g/mol. The van der Waals surface area contributed by atoms with E-state index < -0.39 is 28.9 Å². The third-order valence-corrected chi connectivity index (χ3v) is 4.70. The number of nitrogens with one attached hydrogen (secondary N) is 1. The Morgan fingerprint density at radius 3 is 2.68 bits per heavy atom. The number of amides is 1. The molecule has 0 radical (unpaired) electrons. The molecule has 28 heavy (non-hydrogen) atoms. The molecule has 2 aromatic rings. The van der Waals surface area contributed by atoms with Gasteiger partial charge in [0.05, 0.1) is 30.6 Å². The van der Waals surface area contributed by atoms with E-state index in [1.807, 2.05) is 0 Å². The van der Waals surface area contributed by atoms with E-state index in [2.05, 4.69) is 15.0 Å². The van der Waals surface area contributed by atoms with Crippen molar-refractivity contribution in [1.82, 2.24) is 15.1 Å². The van der Waals surface area contributed by atoms with Gasteiger partial charge in [-0.05, 0) is 5.56 Å². The number of halogens is 4. The Labute approximate surface area is 162 Å². The van der Waals surface area contributed by atoms with Crippen LogP contribution < -0.4 is 10.5 Å². The number of piperazine rings is 1. The van der Waals surface area contributed by atoms with E-state index in [1.165, 1.54) is 23.2 Å². The number of benzene rings is 1. The molecule has 1 fully saturated rings. The number of carbonyl (C=O) groups is 1. The summed E-state index contributed by atoms with van der Waals surface area (Å²) in [6, 6.07) is 3.72. The molecule has 11 heteroatoms. The smallest absolute Gasteiger partial charge is 0.358 e. The Kier molecular flexibility index (Phi) is 5.29. The Bertz CT molecular complexity index is 1020. The van der Waals surface area contributed by atoms with Crippen LogP contribution >= 0.6 is 11.6 Å². The van der Waals surface area contributed by atoms with E-state index in [-0.39, 0.29) is 42.5 Å². The number of H-pyrrole nitrogens is 1. The number of alkyl halides is 3. The number of aromatic amines is 1. The number of hydrogen-bond donors (Lipinski definition) is 1. The Hall–Kier alpha value is -3.06. The minimum Gasteiger partial charge on any atom is -0.358 e. The number of hydrogen-bond acceptors (Lipinski definition) is 4. The maximum absolute atomic E-state index is 13.4. The number of nitrogens with zero attached hydrogens (tertiary/aromatic N) is 4. The van der Waals surface area contributed by atoms with Crippen LogP contribution in [-0.2, 0) is 17.5 Å². The van der Waals surface area contributed by atoms with E-state index in [0.717, 1.165) is 6.07 Å². The summed E-state index contributed by atoms with van der Waals surface area (Å²) in [6.07, 6.45) is -3.39. The van der Waals surface area contributed by atoms with Gasteiger partial charge in [-0.3, -0.25) is 9.59 Å². The van der Waals surface area contributed by atoms with Crippen molar-refractivity contribution < 1.29 is 18.0 Å². The third kappa shape index (κ3) is 3.80. The van der Waals surface area contributed by atoms with Crippen molar-refractivity contribution in [2.45, 2.75) is 12.7 Å². The van der Waals surface area contributed by atoms with Crippen LogP contribution in [0.1, 0.15) is 11.1 Å².